The molecule has 2 rings (SSSR count). The molecular weight excluding hydrogens is 282 g/mol. The Hall–Kier alpha value is -1.62. The third kappa shape index (κ3) is 3.42. The van der Waals surface area contributed by atoms with Gasteiger partial charge < -0.3 is 9.88 Å². The van der Waals surface area contributed by atoms with E-state index in [2.05, 4.69) is 26.2 Å². The smallest absolute Gasteiger partial charge is 0.269 e. The number of hydrogen-bond donors (Lipinski definition) is 1. The highest BCUT2D eigenvalue weighted by Crippen LogP contribution is 2.05. The molecule has 4 nitrogen and oxygen atoms in total. The van der Waals surface area contributed by atoms with Gasteiger partial charge in [-0.15, -0.1) is 0 Å². The fourth-order valence-corrected chi connectivity index (χ4v) is 1.79. The number of carbonyl (C=O) groups excluding carboxylic acids is 1. The summed E-state index contributed by atoms with van der Waals surface area (Å²) < 4.78 is 2.67. The molecule has 1 amide bonds. The van der Waals surface area contributed by atoms with E-state index in [1.807, 2.05) is 29.1 Å². The molecule has 0 fully saturated rings. The van der Waals surface area contributed by atoms with Crippen molar-refractivity contribution in [2.45, 2.75) is 6.54 Å². The Morgan fingerprint density at radius 1 is 1.29 bits per heavy atom. The quantitative estimate of drug-likeness (QED) is 0.878. The molecule has 88 valence electrons. The van der Waals surface area contributed by atoms with Crippen LogP contribution in [0.25, 0.3) is 0 Å². The van der Waals surface area contributed by atoms with E-state index < -0.39 is 0 Å². The molecule has 2 aromatic rings. The molecule has 0 saturated carbocycles. The van der Waals surface area contributed by atoms with Gasteiger partial charge in [-0.2, -0.15) is 0 Å². The zero-order valence-corrected chi connectivity index (χ0v) is 10.7. The second-order valence-corrected chi connectivity index (χ2v) is 4.33. The minimum atomic E-state index is -0.154. The molecule has 0 radical (unpaired) electrons. The van der Waals surface area contributed by atoms with E-state index in [1.165, 1.54) is 0 Å². The van der Waals surface area contributed by atoms with E-state index >= 15 is 0 Å². The van der Waals surface area contributed by atoms with Gasteiger partial charge in [-0.25, -0.2) is 4.98 Å². The van der Waals surface area contributed by atoms with Crippen LogP contribution in [0, 0.1) is 0 Å². The van der Waals surface area contributed by atoms with Gasteiger partial charge in [0.2, 0.25) is 0 Å². The summed E-state index contributed by atoms with van der Waals surface area (Å²) in [5.74, 6) is -0.154. The molecule has 0 aliphatic rings. The van der Waals surface area contributed by atoms with Crippen molar-refractivity contribution in [2.24, 2.45) is 0 Å². The summed E-state index contributed by atoms with van der Waals surface area (Å²) >= 11 is 3.23. The van der Waals surface area contributed by atoms with E-state index in [-0.39, 0.29) is 5.91 Å². The van der Waals surface area contributed by atoms with E-state index in [1.54, 1.807) is 18.2 Å². The molecule has 17 heavy (non-hydrogen) atoms. The lowest BCUT2D eigenvalue weighted by molar-refractivity contribution is 0.0947. The molecule has 5 heteroatoms. The average molecular weight is 294 g/mol. The first-order chi connectivity index (χ1) is 8.25. The highest BCUT2D eigenvalue weighted by molar-refractivity contribution is 9.10. The number of halogens is 1. The molecular formula is C12H12BrN3O. The van der Waals surface area contributed by atoms with Crippen LogP contribution in [0.1, 0.15) is 10.5 Å². The van der Waals surface area contributed by atoms with Crippen molar-refractivity contribution in [3.05, 3.63) is 53.0 Å². The van der Waals surface area contributed by atoms with Gasteiger partial charge in [-0.1, -0.05) is 6.07 Å². The van der Waals surface area contributed by atoms with Crippen LogP contribution in [0.4, 0.5) is 0 Å². The predicted octanol–water partition coefficient (Wildman–Crippen LogP) is 2.08. The SMILES string of the molecule is O=C(NCCn1cccc1)c1cccc(Br)n1. The number of amides is 1. The largest absolute Gasteiger partial charge is 0.353 e. The number of rotatable bonds is 4. The van der Waals surface area contributed by atoms with Crippen molar-refractivity contribution in [2.75, 3.05) is 6.54 Å². The Balaban J connectivity index is 1.85. The van der Waals surface area contributed by atoms with Crippen LogP contribution in [0.15, 0.2) is 47.3 Å². The van der Waals surface area contributed by atoms with Crippen LogP contribution in [0.3, 0.4) is 0 Å². The summed E-state index contributed by atoms with van der Waals surface area (Å²) in [6.45, 7) is 1.34. The maximum absolute atomic E-state index is 11.7. The van der Waals surface area contributed by atoms with Gasteiger partial charge in [-0.05, 0) is 40.2 Å². The van der Waals surface area contributed by atoms with Crippen LogP contribution in [-0.4, -0.2) is 22.0 Å². The fourth-order valence-electron chi connectivity index (χ4n) is 1.44. The lowest BCUT2D eigenvalue weighted by Crippen LogP contribution is -2.27. The highest BCUT2D eigenvalue weighted by atomic mass is 79.9. The van der Waals surface area contributed by atoms with Crippen molar-refractivity contribution < 1.29 is 4.79 Å². The van der Waals surface area contributed by atoms with Gasteiger partial charge in [0.15, 0.2) is 0 Å². The normalized spacial score (nSPS) is 10.2. The fraction of sp³-hybridized carbons (Fsp3) is 0.167. The van der Waals surface area contributed by atoms with E-state index in [4.69, 9.17) is 0 Å². The molecule has 0 unspecified atom stereocenters. The first kappa shape index (κ1) is 11.9. The van der Waals surface area contributed by atoms with Crippen molar-refractivity contribution in [1.29, 1.82) is 0 Å². The molecule has 0 spiro atoms. The standard InChI is InChI=1S/C12H12BrN3O/c13-11-5-3-4-10(15-11)12(17)14-6-9-16-7-1-2-8-16/h1-5,7-8H,6,9H2,(H,14,17). The number of pyridine rings is 1. The van der Waals surface area contributed by atoms with Crippen LogP contribution in [0.2, 0.25) is 0 Å². The molecule has 0 aliphatic carbocycles. The van der Waals surface area contributed by atoms with Crippen molar-refractivity contribution in [1.82, 2.24) is 14.9 Å². The maximum atomic E-state index is 11.7. The average Bonchev–Trinajstić information content (AvgIpc) is 2.82. The first-order valence-corrected chi connectivity index (χ1v) is 6.06. The number of nitrogens with zero attached hydrogens (tertiary/aromatic N) is 2. The monoisotopic (exact) mass is 293 g/mol. The van der Waals surface area contributed by atoms with E-state index in [9.17, 15) is 4.79 Å². The maximum Gasteiger partial charge on any atom is 0.269 e. The molecule has 1 N–H and O–H groups in total. The van der Waals surface area contributed by atoms with E-state index in [0.29, 0.717) is 16.8 Å². The third-order valence-corrected chi connectivity index (χ3v) is 2.71. The Morgan fingerprint density at radius 3 is 2.76 bits per heavy atom. The molecule has 0 atom stereocenters. The van der Waals surface area contributed by atoms with Crippen molar-refractivity contribution in [3.8, 4) is 0 Å². The highest BCUT2D eigenvalue weighted by Gasteiger charge is 2.06. The van der Waals surface area contributed by atoms with Crippen LogP contribution in [-0.2, 0) is 6.54 Å². The summed E-state index contributed by atoms with van der Waals surface area (Å²) in [6, 6.07) is 9.18. The van der Waals surface area contributed by atoms with Gasteiger partial charge in [0.1, 0.15) is 10.3 Å². The lowest BCUT2D eigenvalue weighted by Gasteiger charge is -2.05. The summed E-state index contributed by atoms with van der Waals surface area (Å²) in [4.78, 5) is 15.8. The second kappa shape index (κ2) is 5.63. The number of aromatic nitrogens is 2. The van der Waals surface area contributed by atoms with Crippen LogP contribution in [0.5, 0.6) is 0 Å². The zero-order chi connectivity index (χ0) is 12.1. The Bertz CT molecular complexity index is 496. The Labute approximate surface area is 108 Å². The number of nitrogens with one attached hydrogen (secondary N) is 1. The summed E-state index contributed by atoms with van der Waals surface area (Å²) in [5.41, 5.74) is 0.423. The molecule has 2 aromatic heterocycles. The van der Waals surface area contributed by atoms with E-state index in [0.717, 1.165) is 6.54 Å². The minimum absolute atomic E-state index is 0.154. The number of hydrogen-bond acceptors (Lipinski definition) is 2. The third-order valence-electron chi connectivity index (χ3n) is 2.27. The minimum Gasteiger partial charge on any atom is -0.353 e. The molecule has 0 saturated heterocycles. The lowest BCUT2D eigenvalue weighted by atomic mass is 10.3. The Kier molecular flexibility index (Phi) is 3.93. The molecule has 2 heterocycles. The van der Waals surface area contributed by atoms with Gasteiger partial charge in [0.25, 0.3) is 5.91 Å². The van der Waals surface area contributed by atoms with Crippen molar-refractivity contribution in [3.63, 3.8) is 0 Å². The van der Waals surface area contributed by atoms with Gasteiger partial charge in [0.05, 0.1) is 0 Å². The van der Waals surface area contributed by atoms with Crippen LogP contribution >= 0.6 is 15.9 Å². The molecule has 0 aliphatic heterocycles. The predicted molar refractivity (Wildman–Crippen MR) is 68.7 cm³/mol. The van der Waals surface area contributed by atoms with Gasteiger partial charge >= 0.3 is 0 Å². The second-order valence-electron chi connectivity index (χ2n) is 3.52. The topological polar surface area (TPSA) is 46.9 Å². The number of carbonyl (C=O) groups is 1. The summed E-state index contributed by atoms with van der Waals surface area (Å²) in [5, 5.41) is 2.82. The van der Waals surface area contributed by atoms with Gasteiger partial charge in [0, 0.05) is 25.5 Å². The van der Waals surface area contributed by atoms with Crippen molar-refractivity contribution >= 4 is 21.8 Å². The summed E-state index contributed by atoms with van der Waals surface area (Å²) in [7, 11) is 0. The first-order valence-electron chi connectivity index (χ1n) is 5.27. The van der Waals surface area contributed by atoms with Gasteiger partial charge in [-0.3, -0.25) is 4.79 Å². The Morgan fingerprint density at radius 2 is 2.06 bits per heavy atom. The zero-order valence-electron chi connectivity index (χ0n) is 9.14. The molecule has 0 aromatic carbocycles. The summed E-state index contributed by atoms with van der Waals surface area (Å²) in [6.07, 6.45) is 3.92. The van der Waals surface area contributed by atoms with Crippen LogP contribution < -0.4 is 5.32 Å². The molecule has 0 bridgehead atoms.